The molecule has 0 bridgehead atoms. The summed E-state index contributed by atoms with van der Waals surface area (Å²) in [4.78, 5) is 26.2. The van der Waals surface area contributed by atoms with Gasteiger partial charge < -0.3 is 14.7 Å². The third-order valence-electron chi connectivity index (χ3n) is 3.53. The van der Waals surface area contributed by atoms with E-state index in [1.54, 1.807) is 4.90 Å². The lowest BCUT2D eigenvalue weighted by Gasteiger charge is -2.31. The highest BCUT2D eigenvalue weighted by Gasteiger charge is 2.28. The van der Waals surface area contributed by atoms with Crippen LogP contribution in [-0.2, 0) is 9.53 Å². The Morgan fingerprint density at radius 3 is 2.83 bits per heavy atom. The number of amides is 1. The minimum atomic E-state index is -0.945. The molecule has 3 rings (SSSR count). The number of aliphatic carboxylic acids is 1. The summed E-state index contributed by atoms with van der Waals surface area (Å²) in [7, 11) is 0. The highest BCUT2D eigenvalue weighted by Crippen LogP contribution is 2.12. The second-order valence-electron chi connectivity index (χ2n) is 5.20. The molecule has 0 aliphatic carbocycles. The number of nitrogens with zero attached hydrogens (tertiary/aromatic N) is 4. The zero-order valence-corrected chi connectivity index (χ0v) is 12.3. The van der Waals surface area contributed by atoms with Crippen LogP contribution in [0.4, 0.5) is 0 Å². The van der Waals surface area contributed by atoms with E-state index >= 15 is 0 Å². The molecular weight excluding hydrogens is 300 g/mol. The summed E-state index contributed by atoms with van der Waals surface area (Å²) in [6.07, 6.45) is 0.798. The molecule has 1 fully saturated rings. The molecule has 23 heavy (non-hydrogen) atoms. The number of aromatic nitrogens is 3. The van der Waals surface area contributed by atoms with E-state index in [0.717, 1.165) is 5.69 Å². The number of hydrogen-bond donors (Lipinski definition) is 1. The summed E-state index contributed by atoms with van der Waals surface area (Å²) in [5.41, 5.74) is 0.988. The van der Waals surface area contributed by atoms with Gasteiger partial charge in [-0.05, 0) is 12.1 Å². The van der Waals surface area contributed by atoms with E-state index in [-0.39, 0.29) is 24.6 Å². The van der Waals surface area contributed by atoms with Crippen molar-refractivity contribution < 1.29 is 19.4 Å². The molecular formula is C15H16N4O4. The van der Waals surface area contributed by atoms with Gasteiger partial charge in [0.25, 0.3) is 5.91 Å². The number of carboxylic acids is 1. The molecule has 8 heteroatoms. The molecule has 2 heterocycles. The topological polar surface area (TPSA) is 97.6 Å². The first kappa shape index (κ1) is 15.2. The van der Waals surface area contributed by atoms with E-state index in [9.17, 15) is 9.59 Å². The zero-order chi connectivity index (χ0) is 16.2. The quantitative estimate of drug-likeness (QED) is 0.886. The molecule has 1 aromatic carbocycles. The average Bonchev–Trinajstić information content (AvgIpc) is 3.04. The van der Waals surface area contributed by atoms with Crippen molar-refractivity contribution in [3.05, 3.63) is 42.2 Å². The van der Waals surface area contributed by atoms with Crippen LogP contribution in [0.2, 0.25) is 0 Å². The van der Waals surface area contributed by atoms with Crippen LogP contribution in [0.15, 0.2) is 36.5 Å². The number of carbonyl (C=O) groups excluding carboxylic acids is 1. The smallest absolute Gasteiger partial charge is 0.306 e. The van der Waals surface area contributed by atoms with Gasteiger partial charge in [0.15, 0.2) is 5.69 Å². The van der Waals surface area contributed by atoms with Crippen LogP contribution >= 0.6 is 0 Å². The van der Waals surface area contributed by atoms with Gasteiger partial charge in [-0.15, -0.1) is 5.10 Å². The molecule has 0 radical (unpaired) electrons. The van der Waals surface area contributed by atoms with Gasteiger partial charge in [-0.2, -0.15) is 9.90 Å². The van der Waals surface area contributed by atoms with E-state index in [0.29, 0.717) is 13.2 Å². The summed E-state index contributed by atoms with van der Waals surface area (Å²) >= 11 is 0. The van der Waals surface area contributed by atoms with Gasteiger partial charge >= 0.3 is 5.97 Å². The minimum absolute atomic E-state index is 0.125. The SMILES string of the molecule is O=C(O)C[C@@H]1CN(C(=O)c2cnn(-c3ccccc3)n2)CCO1. The molecule has 1 N–H and O–H groups in total. The van der Waals surface area contributed by atoms with Crippen LogP contribution in [0.25, 0.3) is 5.69 Å². The number of morpholine rings is 1. The Labute approximate surface area is 132 Å². The zero-order valence-electron chi connectivity index (χ0n) is 12.3. The highest BCUT2D eigenvalue weighted by atomic mass is 16.5. The van der Waals surface area contributed by atoms with Crippen LogP contribution in [-0.4, -0.2) is 62.7 Å². The highest BCUT2D eigenvalue weighted by molar-refractivity contribution is 5.92. The van der Waals surface area contributed by atoms with Gasteiger partial charge in [0.1, 0.15) is 0 Å². The summed E-state index contributed by atoms with van der Waals surface area (Å²) in [6.45, 7) is 0.965. The molecule has 1 atom stereocenters. The first-order valence-corrected chi connectivity index (χ1v) is 7.24. The summed E-state index contributed by atoms with van der Waals surface area (Å²) in [5, 5.41) is 17.1. The monoisotopic (exact) mass is 316 g/mol. The van der Waals surface area contributed by atoms with Gasteiger partial charge in [0.05, 0.1) is 31.0 Å². The van der Waals surface area contributed by atoms with Gasteiger partial charge in [0.2, 0.25) is 0 Å². The van der Waals surface area contributed by atoms with Crippen molar-refractivity contribution in [2.45, 2.75) is 12.5 Å². The van der Waals surface area contributed by atoms with E-state index < -0.39 is 12.1 Å². The molecule has 1 aromatic heterocycles. The van der Waals surface area contributed by atoms with Crippen LogP contribution < -0.4 is 0 Å². The van der Waals surface area contributed by atoms with Crippen LogP contribution in [0.3, 0.4) is 0 Å². The Kier molecular flexibility index (Phi) is 4.33. The lowest BCUT2D eigenvalue weighted by molar-refractivity contribution is -0.141. The fourth-order valence-electron chi connectivity index (χ4n) is 2.43. The lowest BCUT2D eigenvalue weighted by Crippen LogP contribution is -2.46. The van der Waals surface area contributed by atoms with Crippen molar-refractivity contribution in [1.82, 2.24) is 19.9 Å². The minimum Gasteiger partial charge on any atom is -0.481 e. The first-order valence-electron chi connectivity index (χ1n) is 7.24. The number of ether oxygens (including phenoxy) is 1. The van der Waals surface area contributed by atoms with E-state index in [1.165, 1.54) is 11.0 Å². The summed E-state index contributed by atoms with van der Waals surface area (Å²) in [5.74, 6) is -1.22. The lowest BCUT2D eigenvalue weighted by atomic mass is 10.2. The number of hydrogen-bond acceptors (Lipinski definition) is 5. The second kappa shape index (κ2) is 6.57. The molecule has 1 aliphatic rings. The Bertz CT molecular complexity index is 701. The van der Waals surface area contributed by atoms with Crippen LogP contribution in [0.5, 0.6) is 0 Å². The van der Waals surface area contributed by atoms with E-state index in [1.807, 2.05) is 30.3 Å². The molecule has 120 valence electrons. The maximum Gasteiger partial charge on any atom is 0.306 e. The number of para-hydroxylation sites is 1. The summed E-state index contributed by atoms with van der Waals surface area (Å²) in [6, 6.07) is 9.28. The fourth-order valence-corrected chi connectivity index (χ4v) is 2.43. The first-order chi connectivity index (χ1) is 11.1. The maximum atomic E-state index is 12.5. The van der Waals surface area contributed by atoms with Gasteiger partial charge in [-0.1, -0.05) is 18.2 Å². The van der Waals surface area contributed by atoms with Crippen molar-refractivity contribution in [3.63, 3.8) is 0 Å². The standard InChI is InChI=1S/C15H16N4O4/c20-14(21)8-12-10-18(6-7-23-12)15(22)13-9-16-19(17-13)11-4-2-1-3-5-11/h1-5,9,12H,6-8,10H2,(H,20,21)/t12-/m1/s1. The predicted octanol–water partition coefficient (Wildman–Crippen LogP) is 0.583. The second-order valence-corrected chi connectivity index (χ2v) is 5.20. The fraction of sp³-hybridized carbons (Fsp3) is 0.333. The maximum absolute atomic E-state index is 12.5. The Morgan fingerprint density at radius 2 is 2.09 bits per heavy atom. The number of carboxylic acid groups (broad SMARTS) is 1. The molecule has 0 unspecified atom stereocenters. The number of rotatable bonds is 4. The summed E-state index contributed by atoms with van der Waals surface area (Å²) < 4.78 is 5.36. The normalized spacial score (nSPS) is 17.9. The third kappa shape index (κ3) is 3.54. The molecule has 2 aromatic rings. The number of carbonyl (C=O) groups is 2. The van der Waals surface area contributed by atoms with E-state index in [4.69, 9.17) is 9.84 Å². The Morgan fingerprint density at radius 1 is 1.30 bits per heavy atom. The van der Waals surface area contributed by atoms with Gasteiger partial charge in [-0.25, -0.2) is 0 Å². The Hall–Kier alpha value is -2.74. The molecule has 1 amide bonds. The van der Waals surface area contributed by atoms with Crippen molar-refractivity contribution in [2.75, 3.05) is 19.7 Å². The van der Waals surface area contributed by atoms with Crippen molar-refractivity contribution in [3.8, 4) is 5.69 Å². The van der Waals surface area contributed by atoms with Gasteiger partial charge in [0, 0.05) is 13.1 Å². The molecule has 0 spiro atoms. The van der Waals surface area contributed by atoms with Crippen molar-refractivity contribution in [2.24, 2.45) is 0 Å². The van der Waals surface area contributed by atoms with Gasteiger partial charge in [-0.3, -0.25) is 9.59 Å². The van der Waals surface area contributed by atoms with Crippen LogP contribution in [0, 0.1) is 0 Å². The predicted molar refractivity (Wildman–Crippen MR) is 79.3 cm³/mol. The van der Waals surface area contributed by atoms with Crippen LogP contribution in [0.1, 0.15) is 16.9 Å². The molecule has 1 aliphatic heterocycles. The average molecular weight is 316 g/mol. The van der Waals surface area contributed by atoms with Crippen molar-refractivity contribution >= 4 is 11.9 Å². The largest absolute Gasteiger partial charge is 0.481 e. The number of benzene rings is 1. The molecule has 8 nitrogen and oxygen atoms in total. The Balaban J connectivity index is 1.71. The van der Waals surface area contributed by atoms with E-state index in [2.05, 4.69) is 10.2 Å². The molecule has 0 saturated carbocycles. The molecule has 1 saturated heterocycles. The van der Waals surface area contributed by atoms with Crippen molar-refractivity contribution in [1.29, 1.82) is 0 Å². The third-order valence-corrected chi connectivity index (χ3v) is 3.53.